The summed E-state index contributed by atoms with van der Waals surface area (Å²) in [6, 6.07) is 6.35. The Morgan fingerprint density at radius 3 is 3.00 bits per heavy atom. The maximum absolute atomic E-state index is 6.09. The van der Waals surface area contributed by atoms with E-state index in [1.54, 1.807) is 0 Å². The lowest BCUT2D eigenvalue weighted by Gasteiger charge is -2.21. The molecule has 1 aromatic heterocycles. The Morgan fingerprint density at radius 1 is 1.35 bits per heavy atom. The van der Waals surface area contributed by atoms with Crippen LogP contribution in [-0.4, -0.2) is 18.1 Å². The van der Waals surface area contributed by atoms with Crippen molar-refractivity contribution < 1.29 is 0 Å². The number of nitrogens with zero attached hydrogens (tertiary/aromatic N) is 2. The van der Waals surface area contributed by atoms with Crippen LogP contribution in [0.3, 0.4) is 0 Å². The summed E-state index contributed by atoms with van der Waals surface area (Å²) in [5, 5.41) is 2.32. The SMILES string of the molecule is CCCC1CCN(c2ccc(N)c3cnc(C)cc23)C1. The molecular formula is C17H23N3. The number of pyridine rings is 1. The lowest BCUT2D eigenvalue weighted by molar-refractivity contribution is 0.530. The molecule has 3 rings (SSSR count). The van der Waals surface area contributed by atoms with E-state index in [0.29, 0.717) is 0 Å². The Bertz CT molecular complexity index is 621. The van der Waals surface area contributed by atoms with Gasteiger partial charge in [-0.05, 0) is 43.9 Å². The normalized spacial score (nSPS) is 18.9. The molecule has 1 aliphatic rings. The zero-order valence-electron chi connectivity index (χ0n) is 12.4. The number of anilines is 2. The number of nitrogen functional groups attached to an aromatic ring is 1. The second-order valence-electron chi connectivity index (χ2n) is 5.93. The molecule has 20 heavy (non-hydrogen) atoms. The zero-order chi connectivity index (χ0) is 14.1. The Hall–Kier alpha value is -1.77. The fraction of sp³-hybridized carbons (Fsp3) is 0.471. The van der Waals surface area contributed by atoms with Gasteiger partial charge in [-0.2, -0.15) is 0 Å². The average Bonchev–Trinajstić information content (AvgIpc) is 2.88. The molecular weight excluding hydrogens is 246 g/mol. The molecule has 2 aromatic rings. The predicted octanol–water partition coefficient (Wildman–Crippen LogP) is 3.75. The molecule has 1 saturated heterocycles. The Morgan fingerprint density at radius 2 is 2.20 bits per heavy atom. The number of hydrogen-bond acceptors (Lipinski definition) is 3. The van der Waals surface area contributed by atoms with Gasteiger partial charge in [0.25, 0.3) is 0 Å². The summed E-state index contributed by atoms with van der Waals surface area (Å²) in [4.78, 5) is 6.90. The first-order valence-electron chi connectivity index (χ1n) is 7.59. The quantitative estimate of drug-likeness (QED) is 0.863. The fourth-order valence-corrected chi connectivity index (χ4v) is 3.32. The van der Waals surface area contributed by atoms with E-state index in [0.717, 1.165) is 29.2 Å². The first-order valence-corrected chi connectivity index (χ1v) is 7.59. The van der Waals surface area contributed by atoms with Crippen LogP contribution in [0.4, 0.5) is 11.4 Å². The molecule has 0 saturated carbocycles. The van der Waals surface area contributed by atoms with Crippen LogP contribution in [0.1, 0.15) is 31.9 Å². The molecule has 2 N–H and O–H groups in total. The molecule has 2 heterocycles. The minimum absolute atomic E-state index is 0.820. The number of rotatable bonds is 3. The van der Waals surface area contributed by atoms with Crippen LogP contribution in [0.5, 0.6) is 0 Å². The van der Waals surface area contributed by atoms with Crippen molar-refractivity contribution in [2.75, 3.05) is 23.7 Å². The molecule has 1 fully saturated rings. The van der Waals surface area contributed by atoms with Crippen LogP contribution in [0, 0.1) is 12.8 Å². The molecule has 1 unspecified atom stereocenters. The minimum atomic E-state index is 0.820. The largest absolute Gasteiger partial charge is 0.398 e. The average molecular weight is 269 g/mol. The van der Waals surface area contributed by atoms with Gasteiger partial charge in [-0.15, -0.1) is 0 Å². The summed E-state index contributed by atoms with van der Waals surface area (Å²) in [6.07, 6.45) is 5.83. The van der Waals surface area contributed by atoms with Gasteiger partial charge in [0, 0.05) is 47.1 Å². The van der Waals surface area contributed by atoms with E-state index in [1.165, 1.54) is 36.9 Å². The Labute approximate surface area is 120 Å². The molecule has 1 aliphatic heterocycles. The van der Waals surface area contributed by atoms with Crippen molar-refractivity contribution >= 4 is 22.1 Å². The number of benzene rings is 1. The van der Waals surface area contributed by atoms with Crippen LogP contribution in [0.2, 0.25) is 0 Å². The smallest absolute Gasteiger partial charge is 0.0448 e. The lowest BCUT2D eigenvalue weighted by Crippen LogP contribution is -2.20. The first-order chi connectivity index (χ1) is 9.69. The van der Waals surface area contributed by atoms with Gasteiger partial charge in [0.1, 0.15) is 0 Å². The van der Waals surface area contributed by atoms with E-state index < -0.39 is 0 Å². The predicted molar refractivity (Wildman–Crippen MR) is 86.1 cm³/mol. The van der Waals surface area contributed by atoms with Crippen molar-refractivity contribution in [3.05, 3.63) is 30.1 Å². The summed E-state index contributed by atoms with van der Waals surface area (Å²) in [5.41, 5.74) is 9.28. The maximum atomic E-state index is 6.09. The molecule has 1 atom stereocenters. The monoisotopic (exact) mass is 269 g/mol. The van der Waals surface area contributed by atoms with Crippen molar-refractivity contribution in [3.63, 3.8) is 0 Å². The highest BCUT2D eigenvalue weighted by Gasteiger charge is 2.23. The number of aromatic nitrogens is 1. The summed E-state index contributed by atoms with van der Waals surface area (Å²) in [5.74, 6) is 0.843. The van der Waals surface area contributed by atoms with E-state index in [-0.39, 0.29) is 0 Å². The van der Waals surface area contributed by atoms with E-state index in [1.807, 2.05) is 19.2 Å². The molecule has 0 amide bonds. The molecule has 3 heteroatoms. The molecule has 0 aliphatic carbocycles. The maximum Gasteiger partial charge on any atom is 0.0448 e. The van der Waals surface area contributed by atoms with Gasteiger partial charge < -0.3 is 10.6 Å². The summed E-state index contributed by atoms with van der Waals surface area (Å²) < 4.78 is 0. The number of aryl methyl sites for hydroxylation is 1. The van der Waals surface area contributed by atoms with E-state index in [9.17, 15) is 0 Å². The highest BCUT2D eigenvalue weighted by Crippen LogP contribution is 2.34. The molecule has 1 aromatic carbocycles. The van der Waals surface area contributed by atoms with Gasteiger partial charge >= 0.3 is 0 Å². The van der Waals surface area contributed by atoms with Gasteiger partial charge in [0.15, 0.2) is 0 Å². The van der Waals surface area contributed by atoms with Crippen LogP contribution in [0.25, 0.3) is 10.8 Å². The Balaban J connectivity index is 2.00. The minimum Gasteiger partial charge on any atom is -0.398 e. The van der Waals surface area contributed by atoms with Gasteiger partial charge in [-0.25, -0.2) is 0 Å². The van der Waals surface area contributed by atoms with Crippen LogP contribution < -0.4 is 10.6 Å². The third kappa shape index (κ3) is 2.33. The van der Waals surface area contributed by atoms with Gasteiger partial charge in [0.05, 0.1) is 0 Å². The van der Waals surface area contributed by atoms with Crippen molar-refractivity contribution in [3.8, 4) is 0 Å². The second kappa shape index (κ2) is 5.31. The van der Waals surface area contributed by atoms with Crippen LogP contribution in [-0.2, 0) is 0 Å². The molecule has 3 nitrogen and oxygen atoms in total. The van der Waals surface area contributed by atoms with Crippen molar-refractivity contribution in [2.45, 2.75) is 33.1 Å². The van der Waals surface area contributed by atoms with Gasteiger partial charge in [0.2, 0.25) is 0 Å². The Kier molecular flexibility index (Phi) is 3.51. The van der Waals surface area contributed by atoms with Crippen LogP contribution >= 0.6 is 0 Å². The number of fused-ring (bicyclic) bond motifs is 1. The second-order valence-corrected chi connectivity index (χ2v) is 5.93. The van der Waals surface area contributed by atoms with Gasteiger partial charge in [-0.1, -0.05) is 13.3 Å². The number of hydrogen-bond donors (Lipinski definition) is 1. The fourth-order valence-electron chi connectivity index (χ4n) is 3.32. The molecule has 0 radical (unpaired) electrons. The number of nitrogens with two attached hydrogens (primary N) is 1. The first kappa shape index (κ1) is 13.2. The highest BCUT2D eigenvalue weighted by atomic mass is 15.2. The summed E-state index contributed by atoms with van der Waals surface area (Å²) in [7, 11) is 0. The highest BCUT2D eigenvalue weighted by molar-refractivity contribution is 6.01. The molecule has 106 valence electrons. The van der Waals surface area contributed by atoms with E-state index >= 15 is 0 Å². The topological polar surface area (TPSA) is 42.1 Å². The summed E-state index contributed by atoms with van der Waals surface area (Å²) in [6.45, 7) is 6.64. The molecule has 0 spiro atoms. The zero-order valence-corrected chi connectivity index (χ0v) is 12.4. The van der Waals surface area contributed by atoms with Gasteiger partial charge in [-0.3, -0.25) is 4.98 Å². The molecule has 0 bridgehead atoms. The summed E-state index contributed by atoms with van der Waals surface area (Å²) >= 11 is 0. The van der Waals surface area contributed by atoms with Crippen LogP contribution in [0.15, 0.2) is 24.4 Å². The third-order valence-corrected chi connectivity index (χ3v) is 4.37. The van der Waals surface area contributed by atoms with E-state index in [4.69, 9.17) is 5.73 Å². The van der Waals surface area contributed by atoms with Crippen molar-refractivity contribution in [1.29, 1.82) is 0 Å². The third-order valence-electron chi connectivity index (χ3n) is 4.37. The van der Waals surface area contributed by atoms with Crippen molar-refractivity contribution in [2.24, 2.45) is 5.92 Å². The van der Waals surface area contributed by atoms with E-state index in [2.05, 4.69) is 28.9 Å². The standard InChI is InChI=1S/C17H23N3/c1-3-4-13-7-8-20(11-13)17-6-5-16(18)15-10-19-12(2)9-14(15)17/h5-6,9-10,13H,3-4,7-8,11,18H2,1-2H3. The lowest BCUT2D eigenvalue weighted by atomic mass is 10.0. The van der Waals surface area contributed by atoms with Crippen molar-refractivity contribution in [1.82, 2.24) is 4.98 Å².